The van der Waals surface area contributed by atoms with Gasteiger partial charge in [0.2, 0.25) is 0 Å². The molecule has 1 aromatic rings. The van der Waals surface area contributed by atoms with Crippen molar-refractivity contribution in [3.8, 4) is 11.5 Å². The van der Waals surface area contributed by atoms with Crippen LogP contribution >= 0.6 is 0 Å². The first-order valence-corrected chi connectivity index (χ1v) is 4.79. The molecule has 0 fully saturated rings. The molecule has 0 saturated heterocycles. The van der Waals surface area contributed by atoms with Gasteiger partial charge in [-0.1, -0.05) is 0 Å². The highest BCUT2D eigenvalue weighted by Gasteiger charge is 2.03. The number of aromatic carboxylic acids is 1. The van der Waals surface area contributed by atoms with Crippen molar-refractivity contribution in [2.24, 2.45) is 0 Å². The van der Waals surface area contributed by atoms with Gasteiger partial charge in [0.15, 0.2) is 0 Å². The van der Waals surface area contributed by atoms with E-state index >= 15 is 0 Å². The van der Waals surface area contributed by atoms with Crippen LogP contribution in [0.25, 0.3) is 0 Å². The average molecular weight is 209 g/mol. The monoisotopic (exact) mass is 209 g/mol. The molecule has 1 aromatic carbocycles. The minimum atomic E-state index is -1.24. The first-order chi connectivity index (χ1) is 7.17. The smallest absolute Gasteiger partial charge is 0.123 e. The highest BCUT2D eigenvalue weighted by Crippen LogP contribution is 2.22. The summed E-state index contributed by atoms with van der Waals surface area (Å²) in [6, 6.07) is 4.49. The summed E-state index contributed by atoms with van der Waals surface area (Å²) in [6.45, 7) is 4.60. The fraction of sp³-hybridized carbons (Fsp3) is 0.364. The molecule has 15 heavy (non-hydrogen) atoms. The maximum atomic E-state index is 10.7. The second-order valence-electron chi connectivity index (χ2n) is 2.85. The number of benzene rings is 1. The highest BCUT2D eigenvalue weighted by molar-refractivity contribution is 5.86. The molecular formula is C11H13O4-. The van der Waals surface area contributed by atoms with Crippen molar-refractivity contribution in [1.82, 2.24) is 0 Å². The molecule has 0 saturated carbocycles. The van der Waals surface area contributed by atoms with E-state index in [-0.39, 0.29) is 5.56 Å². The molecule has 4 heteroatoms. The number of rotatable bonds is 5. The molecule has 0 unspecified atom stereocenters. The zero-order chi connectivity index (χ0) is 11.3. The van der Waals surface area contributed by atoms with E-state index < -0.39 is 5.97 Å². The van der Waals surface area contributed by atoms with Gasteiger partial charge in [0.1, 0.15) is 11.5 Å². The molecule has 0 aliphatic carbocycles. The van der Waals surface area contributed by atoms with E-state index in [9.17, 15) is 9.90 Å². The fourth-order valence-corrected chi connectivity index (χ4v) is 1.19. The lowest BCUT2D eigenvalue weighted by atomic mass is 10.2. The molecular weight excluding hydrogens is 196 g/mol. The normalized spacial score (nSPS) is 9.73. The Morgan fingerprint density at radius 1 is 1.13 bits per heavy atom. The SMILES string of the molecule is CCOc1cc(OCC)cc(C(=O)[O-])c1. The molecule has 1 rings (SSSR count). The third kappa shape index (κ3) is 3.16. The maximum absolute atomic E-state index is 10.7. The lowest BCUT2D eigenvalue weighted by Crippen LogP contribution is -2.22. The Morgan fingerprint density at radius 2 is 1.60 bits per heavy atom. The zero-order valence-electron chi connectivity index (χ0n) is 8.78. The number of hydrogen-bond donors (Lipinski definition) is 0. The summed E-state index contributed by atoms with van der Waals surface area (Å²) in [5.74, 6) is -0.289. The summed E-state index contributed by atoms with van der Waals surface area (Å²) < 4.78 is 10.4. The van der Waals surface area contributed by atoms with Gasteiger partial charge in [-0.05, 0) is 26.0 Å². The van der Waals surface area contributed by atoms with E-state index in [1.165, 1.54) is 12.1 Å². The van der Waals surface area contributed by atoms with Crippen LogP contribution in [-0.4, -0.2) is 19.2 Å². The van der Waals surface area contributed by atoms with Crippen LogP contribution in [0.5, 0.6) is 11.5 Å². The Hall–Kier alpha value is -1.71. The Balaban J connectivity index is 3.02. The Kier molecular flexibility index (Phi) is 3.97. The van der Waals surface area contributed by atoms with Gasteiger partial charge in [0.05, 0.1) is 19.2 Å². The lowest BCUT2D eigenvalue weighted by Gasteiger charge is -2.10. The standard InChI is InChI=1S/C11H14O4/c1-3-14-9-5-8(11(12)13)6-10(7-9)15-4-2/h5-7H,3-4H2,1-2H3,(H,12,13)/p-1. The van der Waals surface area contributed by atoms with E-state index in [4.69, 9.17) is 9.47 Å². The predicted octanol–water partition coefficient (Wildman–Crippen LogP) is 0.847. The van der Waals surface area contributed by atoms with Crippen molar-refractivity contribution in [3.05, 3.63) is 23.8 Å². The molecule has 0 aliphatic heterocycles. The molecule has 0 aliphatic rings. The number of carbonyl (C=O) groups excluding carboxylic acids is 1. The van der Waals surface area contributed by atoms with Crippen molar-refractivity contribution < 1.29 is 19.4 Å². The van der Waals surface area contributed by atoms with Gasteiger partial charge in [-0.25, -0.2) is 0 Å². The van der Waals surface area contributed by atoms with E-state index in [1.807, 2.05) is 13.8 Å². The Morgan fingerprint density at radius 3 is 1.93 bits per heavy atom. The Labute approximate surface area is 88.4 Å². The van der Waals surface area contributed by atoms with E-state index in [1.54, 1.807) is 6.07 Å². The minimum Gasteiger partial charge on any atom is -0.545 e. The molecule has 4 nitrogen and oxygen atoms in total. The number of carboxylic acid groups (broad SMARTS) is 1. The molecule has 0 spiro atoms. The van der Waals surface area contributed by atoms with Crippen molar-refractivity contribution >= 4 is 5.97 Å². The molecule has 0 aromatic heterocycles. The van der Waals surface area contributed by atoms with E-state index in [0.29, 0.717) is 24.7 Å². The quantitative estimate of drug-likeness (QED) is 0.721. The van der Waals surface area contributed by atoms with Gasteiger partial charge >= 0.3 is 0 Å². The number of ether oxygens (including phenoxy) is 2. The molecule has 0 amide bonds. The first-order valence-electron chi connectivity index (χ1n) is 4.79. The van der Waals surface area contributed by atoms with Crippen LogP contribution in [0.1, 0.15) is 24.2 Å². The second kappa shape index (κ2) is 5.24. The summed E-state index contributed by atoms with van der Waals surface area (Å²) in [5, 5.41) is 10.7. The van der Waals surface area contributed by atoms with E-state index in [0.717, 1.165) is 0 Å². The topological polar surface area (TPSA) is 58.6 Å². The average Bonchev–Trinajstić information content (AvgIpc) is 2.18. The van der Waals surface area contributed by atoms with Crippen molar-refractivity contribution in [2.45, 2.75) is 13.8 Å². The molecule has 0 bridgehead atoms. The predicted molar refractivity (Wildman–Crippen MR) is 53.1 cm³/mol. The highest BCUT2D eigenvalue weighted by atomic mass is 16.5. The third-order valence-electron chi connectivity index (χ3n) is 1.74. The first kappa shape index (κ1) is 11.4. The second-order valence-corrected chi connectivity index (χ2v) is 2.85. The van der Waals surface area contributed by atoms with Crippen LogP contribution in [0.15, 0.2) is 18.2 Å². The summed E-state index contributed by atoms with van der Waals surface area (Å²) in [7, 11) is 0. The summed E-state index contributed by atoms with van der Waals surface area (Å²) >= 11 is 0. The van der Waals surface area contributed by atoms with E-state index in [2.05, 4.69) is 0 Å². The number of hydrogen-bond acceptors (Lipinski definition) is 4. The van der Waals surface area contributed by atoms with Crippen molar-refractivity contribution in [2.75, 3.05) is 13.2 Å². The van der Waals surface area contributed by atoms with Crippen LogP contribution in [0.3, 0.4) is 0 Å². The van der Waals surface area contributed by atoms with Crippen LogP contribution < -0.4 is 14.6 Å². The van der Waals surface area contributed by atoms with Crippen LogP contribution in [0.2, 0.25) is 0 Å². The Bertz CT molecular complexity index is 322. The van der Waals surface area contributed by atoms with Gasteiger partial charge in [-0.15, -0.1) is 0 Å². The lowest BCUT2D eigenvalue weighted by molar-refractivity contribution is -0.255. The summed E-state index contributed by atoms with van der Waals surface area (Å²) in [5.41, 5.74) is 0.0596. The van der Waals surface area contributed by atoms with Gasteiger partial charge in [0.25, 0.3) is 0 Å². The summed E-state index contributed by atoms with van der Waals surface area (Å²) in [6.07, 6.45) is 0. The zero-order valence-corrected chi connectivity index (χ0v) is 8.78. The molecule has 0 N–H and O–H groups in total. The maximum Gasteiger partial charge on any atom is 0.123 e. The van der Waals surface area contributed by atoms with Crippen LogP contribution in [-0.2, 0) is 0 Å². The molecule has 82 valence electrons. The van der Waals surface area contributed by atoms with Gasteiger partial charge in [0, 0.05) is 11.6 Å². The number of carboxylic acids is 1. The molecule has 0 heterocycles. The minimum absolute atomic E-state index is 0.0596. The fourth-order valence-electron chi connectivity index (χ4n) is 1.19. The van der Waals surface area contributed by atoms with Crippen LogP contribution in [0, 0.1) is 0 Å². The van der Waals surface area contributed by atoms with Gasteiger partial charge in [-0.2, -0.15) is 0 Å². The van der Waals surface area contributed by atoms with Crippen molar-refractivity contribution in [1.29, 1.82) is 0 Å². The molecule has 0 atom stereocenters. The number of carbonyl (C=O) groups is 1. The van der Waals surface area contributed by atoms with Gasteiger partial charge in [-0.3, -0.25) is 0 Å². The van der Waals surface area contributed by atoms with Crippen molar-refractivity contribution in [3.63, 3.8) is 0 Å². The van der Waals surface area contributed by atoms with Crippen LogP contribution in [0.4, 0.5) is 0 Å². The summed E-state index contributed by atoms with van der Waals surface area (Å²) in [4.78, 5) is 10.7. The third-order valence-corrected chi connectivity index (χ3v) is 1.74. The van der Waals surface area contributed by atoms with Gasteiger partial charge < -0.3 is 19.4 Å². The largest absolute Gasteiger partial charge is 0.545 e. The molecule has 0 radical (unpaired) electrons.